The van der Waals surface area contributed by atoms with E-state index in [1.54, 1.807) is 6.20 Å². The summed E-state index contributed by atoms with van der Waals surface area (Å²) in [5.41, 5.74) is 5.79. The molecule has 0 saturated carbocycles. The van der Waals surface area contributed by atoms with Gasteiger partial charge in [0.15, 0.2) is 0 Å². The second-order valence-electron chi connectivity index (χ2n) is 8.72. The number of hydrogen-bond acceptors (Lipinski definition) is 4. The first-order valence-corrected chi connectivity index (χ1v) is 10.7. The van der Waals surface area contributed by atoms with Crippen LogP contribution in [0.2, 0.25) is 0 Å². The summed E-state index contributed by atoms with van der Waals surface area (Å²) in [5, 5.41) is 2.93. The smallest absolute Gasteiger partial charge is 0.232 e. The van der Waals surface area contributed by atoms with Gasteiger partial charge in [-0.25, -0.2) is 9.97 Å². The third kappa shape index (κ3) is 6.14. The van der Waals surface area contributed by atoms with Gasteiger partial charge in [0, 0.05) is 29.5 Å². The van der Waals surface area contributed by atoms with Gasteiger partial charge in [0.05, 0.1) is 18.5 Å². The molecule has 162 valence electrons. The molecule has 0 fully saturated rings. The molecule has 5 heteroatoms. The lowest BCUT2D eigenvalue weighted by atomic mass is 9.95. The Morgan fingerprint density at radius 1 is 0.935 bits per heavy atom. The molecule has 31 heavy (non-hydrogen) atoms. The standard InChI is InChI=1S/C26H31N3O2/c1-6-22(30)28-16-26(4,5)17-31-23-15-27-24(20-11-7-18(2)8-12-20)25(29-23)21-13-9-19(3)10-14-21/h7-15H,6,16-17H2,1-5H3,(H,28,30). The first-order chi connectivity index (χ1) is 14.8. The Hall–Kier alpha value is -3.21. The van der Waals surface area contributed by atoms with E-state index >= 15 is 0 Å². The van der Waals surface area contributed by atoms with Crippen LogP contribution in [0.1, 0.15) is 38.3 Å². The molecular weight excluding hydrogens is 386 g/mol. The Labute approximate surface area is 184 Å². The summed E-state index contributed by atoms with van der Waals surface area (Å²) in [6.45, 7) is 11.0. The summed E-state index contributed by atoms with van der Waals surface area (Å²) in [6.07, 6.45) is 2.15. The zero-order chi connectivity index (χ0) is 22.4. The van der Waals surface area contributed by atoms with Crippen LogP contribution in [0.25, 0.3) is 22.5 Å². The number of carbonyl (C=O) groups is 1. The highest BCUT2D eigenvalue weighted by Crippen LogP contribution is 2.31. The topological polar surface area (TPSA) is 64.1 Å². The van der Waals surface area contributed by atoms with Crippen LogP contribution < -0.4 is 10.1 Å². The molecule has 1 N–H and O–H groups in total. The van der Waals surface area contributed by atoms with Gasteiger partial charge in [0.25, 0.3) is 0 Å². The molecular formula is C26H31N3O2. The van der Waals surface area contributed by atoms with Crippen molar-refractivity contribution in [3.8, 4) is 28.4 Å². The van der Waals surface area contributed by atoms with E-state index in [9.17, 15) is 4.79 Å². The van der Waals surface area contributed by atoms with Gasteiger partial charge < -0.3 is 10.1 Å². The number of benzene rings is 2. The summed E-state index contributed by atoms with van der Waals surface area (Å²) >= 11 is 0. The van der Waals surface area contributed by atoms with Gasteiger partial charge in [-0.1, -0.05) is 80.4 Å². The Morgan fingerprint density at radius 3 is 2.03 bits per heavy atom. The van der Waals surface area contributed by atoms with E-state index in [4.69, 9.17) is 14.7 Å². The van der Waals surface area contributed by atoms with E-state index in [0.29, 0.717) is 25.5 Å². The Bertz CT molecular complexity index is 1030. The average molecular weight is 418 g/mol. The quantitative estimate of drug-likeness (QED) is 0.536. The second kappa shape index (κ2) is 9.73. The second-order valence-corrected chi connectivity index (χ2v) is 8.72. The highest BCUT2D eigenvalue weighted by Gasteiger charge is 2.21. The lowest BCUT2D eigenvalue weighted by Gasteiger charge is -2.24. The average Bonchev–Trinajstić information content (AvgIpc) is 2.77. The van der Waals surface area contributed by atoms with Gasteiger partial charge in [0.2, 0.25) is 11.8 Å². The van der Waals surface area contributed by atoms with Crippen molar-refractivity contribution in [3.05, 3.63) is 65.9 Å². The third-order valence-corrected chi connectivity index (χ3v) is 5.10. The van der Waals surface area contributed by atoms with Crippen molar-refractivity contribution in [3.63, 3.8) is 0 Å². The molecule has 2 aromatic carbocycles. The molecule has 3 rings (SSSR count). The molecule has 3 aromatic rings. The molecule has 0 aliphatic carbocycles. The predicted octanol–water partition coefficient (Wildman–Crippen LogP) is 5.36. The lowest BCUT2D eigenvalue weighted by molar-refractivity contribution is -0.121. The lowest BCUT2D eigenvalue weighted by Crippen LogP contribution is -2.37. The SMILES string of the molecule is CCC(=O)NCC(C)(C)COc1cnc(-c2ccc(C)cc2)c(-c2ccc(C)cc2)n1. The molecule has 0 atom stereocenters. The molecule has 1 heterocycles. The maximum Gasteiger partial charge on any atom is 0.232 e. The maximum atomic E-state index is 11.6. The Morgan fingerprint density at radius 2 is 1.48 bits per heavy atom. The molecule has 5 nitrogen and oxygen atoms in total. The molecule has 1 amide bonds. The number of hydrogen-bond donors (Lipinski definition) is 1. The van der Waals surface area contributed by atoms with Crippen LogP contribution in [0.15, 0.2) is 54.7 Å². The van der Waals surface area contributed by atoms with Crippen molar-refractivity contribution in [1.82, 2.24) is 15.3 Å². The summed E-state index contributed by atoms with van der Waals surface area (Å²) < 4.78 is 6.01. The van der Waals surface area contributed by atoms with Crippen molar-refractivity contribution in [2.24, 2.45) is 5.41 Å². The summed E-state index contributed by atoms with van der Waals surface area (Å²) in [7, 11) is 0. The monoisotopic (exact) mass is 417 g/mol. The first-order valence-electron chi connectivity index (χ1n) is 10.7. The van der Waals surface area contributed by atoms with Crippen LogP contribution in [0.4, 0.5) is 0 Å². The van der Waals surface area contributed by atoms with Crippen LogP contribution in [0.5, 0.6) is 5.88 Å². The number of nitrogens with zero attached hydrogens (tertiary/aromatic N) is 2. The molecule has 0 unspecified atom stereocenters. The first kappa shape index (κ1) is 22.5. The predicted molar refractivity (Wildman–Crippen MR) is 125 cm³/mol. The minimum absolute atomic E-state index is 0.0389. The number of aryl methyl sites for hydroxylation is 2. The minimum atomic E-state index is -0.230. The van der Waals surface area contributed by atoms with E-state index in [0.717, 1.165) is 22.5 Å². The van der Waals surface area contributed by atoms with Crippen molar-refractivity contribution < 1.29 is 9.53 Å². The van der Waals surface area contributed by atoms with E-state index in [2.05, 4.69) is 81.5 Å². The fourth-order valence-electron chi connectivity index (χ4n) is 3.06. The third-order valence-electron chi connectivity index (χ3n) is 5.10. The normalized spacial score (nSPS) is 11.3. The number of carbonyl (C=O) groups excluding carboxylic acids is 1. The van der Waals surface area contributed by atoms with E-state index in [-0.39, 0.29) is 11.3 Å². The Balaban J connectivity index is 1.87. The van der Waals surface area contributed by atoms with Crippen LogP contribution in [0, 0.1) is 19.3 Å². The Kier molecular flexibility index (Phi) is 7.06. The van der Waals surface area contributed by atoms with Crippen LogP contribution >= 0.6 is 0 Å². The fraction of sp³-hybridized carbons (Fsp3) is 0.346. The van der Waals surface area contributed by atoms with Gasteiger partial charge in [-0.2, -0.15) is 0 Å². The zero-order valence-electron chi connectivity index (χ0n) is 19.0. The minimum Gasteiger partial charge on any atom is -0.476 e. The molecule has 0 aliphatic rings. The molecule has 0 spiro atoms. The van der Waals surface area contributed by atoms with Gasteiger partial charge in [-0.3, -0.25) is 4.79 Å². The number of amides is 1. The fourth-order valence-corrected chi connectivity index (χ4v) is 3.06. The van der Waals surface area contributed by atoms with Crippen molar-refractivity contribution >= 4 is 5.91 Å². The van der Waals surface area contributed by atoms with Crippen molar-refractivity contribution in [2.45, 2.75) is 41.0 Å². The van der Waals surface area contributed by atoms with E-state index in [1.807, 2.05) is 6.92 Å². The van der Waals surface area contributed by atoms with Crippen LogP contribution in [-0.2, 0) is 4.79 Å². The molecule has 0 aliphatic heterocycles. The van der Waals surface area contributed by atoms with Crippen molar-refractivity contribution in [2.75, 3.05) is 13.2 Å². The summed E-state index contributed by atoms with van der Waals surface area (Å²) in [5.74, 6) is 0.512. The van der Waals surface area contributed by atoms with Crippen LogP contribution in [0.3, 0.4) is 0 Å². The summed E-state index contributed by atoms with van der Waals surface area (Å²) in [6, 6.07) is 16.6. The highest BCUT2D eigenvalue weighted by molar-refractivity contribution is 5.78. The van der Waals surface area contributed by atoms with Gasteiger partial charge in [0.1, 0.15) is 5.69 Å². The molecule has 0 radical (unpaired) electrons. The maximum absolute atomic E-state index is 11.6. The van der Waals surface area contributed by atoms with Gasteiger partial charge >= 0.3 is 0 Å². The molecule has 0 bridgehead atoms. The highest BCUT2D eigenvalue weighted by atomic mass is 16.5. The largest absolute Gasteiger partial charge is 0.476 e. The van der Waals surface area contributed by atoms with Gasteiger partial charge in [-0.15, -0.1) is 0 Å². The molecule has 1 aromatic heterocycles. The summed E-state index contributed by atoms with van der Waals surface area (Å²) in [4.78, 5) is 21.1. The number of rotatable bonds is 8. The van der Waals surface area contributed by atoms with E-state index < -0.39 is 0 Å². The zero-order valence-corrected chi connectivity index (χ0v) is 19.0. The molecule has 0 saturated heterocycles. The number of ether oxygens (including phenoxy) is 1. The van der Waals surface area contributed by atoms with Crippen LogP contribution in [-0.4, -0.2) is 29.0 Å². The van der Waals surface area contributed by atoms with E-state index in [1.165, 1.54) is 11.1 Å². The number of aromatic nitrogens is 2. The van der Waals surface area contributed by atoms with Gasteiger partial charge in [-0.05, 0) is 13.8 Å². The number of nitrogens with one attached hydrogen (secondary N) is 1. The van der Waals surface area contributed by atoms with Crippen molar-refractivity contribution in [1.29, 1.82) is 0 Å².